The van der Waals surface area contributed by atoms with E-state index >= 15 is 0 Å². The van der Waals surface area contributed by atoms with Gasteiger partial charge in [0, 0.05) is 40.2 Å². The summed E-state index contributed by atoms with van der Waals surface area (Å²) in [5, 5.41) is 10.1. The molecule has 1 aliphatic heterocycles. The van der Waals surface area contributed by atoms with Crippen molar-refractivity contribution >= 4 is 5.91 Å². The molecular weight excluding hydrogens is 192 g/mol. The highest BCUT2D eigenvalue weighted by Crippen LogP contribution is 2.44. The Morgan fingerprint density at radius 3 is 2.53 bits per heavy atom. The Morgan fingerprint density at radius 1 is 1.47 bits per heavy atom. The number of aliphatic hydroxyl groups is 1. The molecule has 1 saturated heterocycles. The molecule has 1 amide bonds. The number of carbonyl (C=O) groups is 1. The van der Waals surface area contributed by atoms with Crippen molar-refractivity contribution in [3.63, 3.8) is 0 Å². The average Bonchev–Trinajstić information content (AvgIpc) is 2.92. The van der Waals surface area contributed by atoms with Crippen LogP contribution >= 0.6 is 0 Å². The van der Waals surface area contributed by atoms with Gasteiger partial charge in [0.2, 0.25) is 5.91 Å². The van der Waals surface area contributed by atoms with Crippen molar-refractivity contribution in [1.82, 2.24) is 9.80 Å². The van der Waals surface area contributed by atoms with E-state index in [1.54, 1.807) is 19.0 Å². The van der Waals surface area contributed by atoms with Crippen LogP contribution in [0.25, 0.3) is 0 Å². The molecule has 1 aliphatic carbocycles. The average molecular weight is 212 g/mol. The van der Waals surface area contributed by atoms with Crippen LogP contribution in [-0.2, 0) is 4.79 Å². The van der Waals surface area contributed by atoms with E-state index in [-0.39, 0.29) is 5.91 Å². The Kier molecular flexibility index (Phi) is 2.73. The monoisotopic (exact) mass is 212 g/mol. The molecule has 15 heavy (non-hydrogen) atoms. The summed E-state index contributed by atoms with van der Waals surface area (Å²) in [7, 11) is 3.55. The summed E-state index contributed by atoms with van der Waals surface area (Å²) in [6.07, 6.45) is 2.93. The Hall–Kier alpha value is -0.610. The summed E-state index contributed by atoms with van der Waals surface area (Å²) < 4.78 is 0. The van der Waals surface area contributed by atoms with E-state index in [0.717, 1.165) is 19.6 Å². The fourth-order valence-electron chi connectivity index (χ4n) is 2.24. The molecule has 0 aromatic carbocycles. The molecule has 0 aromatic rings. The predicted octanol–water partition coefficient (Wildman–Crippen LogP) is -0.0786. The quantitative estimate of drug-likeness (QED) is 0.709. The minimum atomic E-state index is -0.416. The van der Waals surface area contributed by atoms with Gasteiger partial charge in [0.25, 0.3) is 0 Å². The van der Waals surface area contributed by atoms with Gasteiger partial charge in [0.1, 0.15) is 0 Å². The Labute approximate surface area is 90.9 Å². The maximum Gasteiger partial charge on any atom is 0.223 e. The van der Waals surface area contributed by atoms with Crippen LogP contribution in [-0.4, -0.2) is 60.1 Å². The number of β-amino-alcohol motifs (C(OH)–C–C–N with tert-alkyl or cyclic N) is 1. The lowest BCUT2D eigenvalue weighted by molar-refractivity contribution is -0.134. The minimum absolute atomic E-state index is 0.164. The third-order valence-electron chi connectivity index (χ3n) is 3.47. The van der Waals surface area contributed by atoms with Crippen molar-refractivity contribution in [2.24, 2.45) is 5.92 Å². The Bertz CT molecular complexity index is 255. The standard InChI is InChI=1S/C11H20N2O2/c1-12(2)10(14)5-6-13-7-11(15,8-13)9-3-4-9/h9,15H,3-8H2,1-2H3. The molecule has 2 fully saturated rings. The first-order valence-corrected chi connectivity index (χ1v) is 5.66. The number of amides is 1. The summed E-state index contributed by atoms with van der Waals surface area (Å²) in [6.45, 7) is 2.31. The van der Waals surface area contributed by atoms with Crippen LogP contribution in [0.5, 0.6) is 0 Å². The number of hydrogen-bond donors (Lipinski definition) is 1. The third kappa shape index (κ3) is 2.32. The molecule has 0 aromatic heterocycles. The molecule has 2 aliphatic rings. The highest BCUT2D eigenvalue weighted by atomic mass is 16.3. The van der Waals surface area contributed by atoms with E-state index in [0.29, 0.717) is 12.3 Å². The molecule has 0 atom stereocenters. The van der Waals surface area contributed by atoms with E-state index < -0.39 is 5.60 Å². The summed E-state index contributed by atoms with van der Waals surface area (Å²) in [5.41, 5.74) is -0.416. The summed E-state index contributed by atoms with van der Waals surface area (Å²) in [5.74, 6) is 0.704. The lowest BCUT2D eigenvalue weighted by Gasteiger charge is -2.47. The maximum absolute atomic E-state index is 11.3. The van der Waals surface area contributed by atoms with Crippen LogP contribution in [0.15, 0.2) is 0 Å². The van der Waals surface area contributed by atoms with Crippen molar-refractivity contribution < 1.29 is 9.90 Å². The van der Waals surface area contributed by atoms with Gasteiger partial charge in [-0.3, -0.25) is 9.69 Å². The van der Waals surface area contributed by atoms with Crippen molar-refractivity contribution in [2.45, 2.75) is 24.9 Å². The predicted molar refractivity (Wildman–Crippen MR) is 57.4 cm³/mol. The van der Waals surface area contributed by atoms with Crippen LogP contribution in [0.4, 0.5) is 0 Å². The number of carbonyl (C=O) groups excluding carboxylic acids is 1. The number of hydrogen-bond acceptors (Lipinski definition) is 3. The molecule has 1 saturated carbocycles. The molecule has 0 spiro atoms. The van der Waals surface area contributed by atoms with Gasteiger partial charge in [-0.15, -0.1) is 0 Å². The van der Waals surface area contributed by atoms with Gasteiger partial charge in [0.15, 0.2) is 0 Å². The Morgan fingerprint density at radius 2 is 2.07 bits per heavy atom. The molecule has 0 bridgehead atoms. The van der Waals surface area contributed by atoms with Crippen LogP contribution in [0.1, 0.15) is 19.3 Å². The number of nitrogens with zero attached hydrogens (tertiary/aromatic N) is 2. The molecule has 4 nitrogen and oxygen atoms in total. The number of likely N-dealkylation sites (tertiary alicyclic amines) is 1. The lowest BCUT2D eigenvalue weighted by Crippen LogP contribution is -2.63. The van der Waals surface area contributed by atoms with Gasteiger partial charge < -0.3 is 10.0 Å². The normalized spacial score (nSPS) is 24.7. The molecule has 1 heterocycles. The fourth-order valence-corrected chi connectivity index (χ4v) is 2.24. The van der Waals surface area contributed by atoms with Crippen LogP contribution < -0.4 is 0 Å². The van der Waals surface area contributed by atoms with Crippen LogP contribution in [0, 0.1) is 5.92 Å². The van der Waals surface area contributed by atoms with E-state index in [2.05, 4.69) is 4.90 Å². The topological polar surface area (TPSA) is 43.8 Å². The second kappa shape index (κ2) is 3.76. The fraction of sp³-hybridized carbons (Fsp3) is 0.909. The first-order chi connectivity index (χ1) is 7.01. The van der Waals surface area contributed by atoms with Crippen LogP contribution in [0.3, 0.4) is 0 Å². The maximum atomic E-state index is 11.3. The first kappa shape index (κ1) is 10.9. The van der Waals surface area contributed by atoms with E-state index in [9.17, 15) is 9.90 Å². The molecule has 0 radical (unpaired) electrons. The van der Waals surface area contributed by atoms with Gasteiger partial charge in [-0.05, 0) is 18.8 Å². The van der Waals surface area contributed by atoms with E-state index in [4.69, 9.17) is 0 Å². The smallest absolute Gasteiger partial charge is 0.223 e. The zero-order chi connectivity index (χ0) is 11.1. The van der Waals surface area contributed by atoms with Crippen molar-refractivity contribution in [2.75, 3.05) is 33.7 Å². The second-order valence-corrected chi connectivity index (χ2v) is 5.13. The highest BCUT2D eigenvalue weighted by Gasteiger charge is 2.51. The van der Waals surface area contributed by atoms with E-state index in [1.807, 2.05) is 0 Å². The third-order valence-corrected chi connectivity index (χ3v) is 3.47. The molecular formula is C11H20N2O2. The molecule has 4 heteroatoms. The van der Waals surface area contributed by atoms with Gasteiger partial charge in [0.05, 0.1) is 5.60 Å². The lowest BCUT2D eigenvalue weighted by atomic mass is 9.88. The van der Waals surface area contributed by atoms with E-state index in [1.165, 1.54) is 12.8 Å². The van der Waals surface area contributed by atoms with Gasteiger partial charge in [-0.2, -0.15) is 0 Å². The highest BCUT2D eigenvalue weighted by molar-refractivity contribution is 5.75. The molecule has 86 valence electrons. The van der Waals surface area contributed by atoms with Crippen molar-refractivity contribution in [3.8, 4) is 0 Å². The Balaban J connectivity index is 1.65. The SMILES string of the molecule is CN(C)C(=O)CCN1CC(O)(C2CC2)C1. The van der Waals surface area contributed by atoms with Crippen molar-refractivity contribution in [3.05, 3.63) is 0 Å². The molecule has 1 N–H and O–H groups in total. The van der Waals surface area contributed by atoms with Crippen molar-refractivity contribution in [1.29, 1.82) is 0 Å². The largest absolute Gasteiger partial charge is 0.387 e. The van der Waals surface area contributed by atoms with Gasteiger partial charge >= 0.3 is 0 Å². The first-order valence-electron chi connectivity index (χ1n) is 5.66. The van der Waals surface area contributed by atoms with Gasteiger partial charge in [-0.25, -0.2) is 0 Å². The summed E-state index contributed by atoms with van der Waals surface area (Å²) >= 11 is 0. The van der Waals surface area contributed by atoms with Crippen LogP contribution in [0.2, 0.25) is 0 Å². The summed E-state index contributed by atoms with van der Waals surface area (Å²) in [4.78, 5) is 15.1. The van der Waals surface area contributed by atoms with Gasteiger partial charge in [-0.1, -0.05) is 0 Å². The minimum Gasteiger partial charge on any atom is -0.387 e. The zero-order valence-corrected chi connectivity index (χ0v) is 9.57. The number of rotatable bonds is 4. The zero-order valence-electron chi connectivity index (χ0n) is 9.57. The summed E-state index contributed by atoms with van der Waals surface area (Å²) in [6, 6.07) is 0. The molecule has 0 unspecified atom stereocenters. The molecule has 2 rings (SSSR count). The second-order valence-electron chi connectivity index (χ2n) is 5.13.